The lowest BCUT2D eigenvalue weighted by atomic mass is 10.3. The maximum atomic E-state index is 11.1. The Morgan fingerprint density at radius 3 is 3.00 bits per heavy atom. The van der Waals surface area contributed by atoms with Crippen LogP contribution in [0.3, 0.4) is 0 Å². The Hall–Kier alpha value is -1.16. The van der Waals surface area contributed by atoms with Gasteiger partial charge in [-0.2, -0.15) is 0 Å². The molecule has 0 saturated carbocycles. The van der Waals surface area contributed by atoms with Crippen molar-refractivity contribution in [2.75, 3.05) is 18.2 Å². The summed E-state index contributed by atoms with van der Waals surface area (Å²) in [7, 11) is 0. The number of amides is 1. The Morgan fingerprint density at radius 2 is 2.36 bits per heavy atom. The monoisotopic (exact) mass is 211 g/mol. The molecule has 14 heavy (non-hydrogen) atoms. The first-order valence-electron chi connectivity index (χ1n) is 4.34. The van der Waals surface area contributed by atoms with Crippen molar-refractivity contribution in [1.29, 1.82) is 0 Å². The van der Waals surface area contributed by atoms with Crippen LogP contribution < -0.4 is 5.32 Å². The van der Waals surface area contributed by atoms with Gasteiger partial charge >= 0.3 is 6.09 Å². The van der Waals surface area contributed by atoms with E-state index < -0.39 is 6.09 Å². The summed E-state index contributed by atoms with van der Waals surface area (Å²) in [5.74, 6) is 0. The van der Waals surface area contributed by atoms with Crippen molar-refractivity contribution in [3.8, 4) is 0 Å². The first-order valence-corrected chi connectivity index (χ1v) is 5.56. The molecule has 1 aromatic rings. The molecule has 0 aliphatic heterocycles. The fourth-order valence-electron chi connectivity index (χ4n) is 0.986. The zero-order chi connectivity index (χ0) is 10.4. The Labute approximate surface area is 87.8 Å². The Morgan fingerprint density at radius 1 is 1.57 bits per heavy atom. The van der Waals surface area contributed by atoms with Gasteiger partial charge in [0.15, 0.2) is 0 Å². The van der Waals surface area contributed by atoms with Crippen molar-refractivity contribution in [3.05, 3.63) is 24.3 Å². The molecule has 4 heteroatoms. The molecule has 3 nitrogen and oxygen atoms in total. The summed E-state index contributed by atoms with van der Waals surface area (Å²) in [6.45, 7) is 2.16. The number of nitrogens with one attached hydrogen (secondary N) is 1. The van der Waals surface area contributed by atoms with E-state index in [0.29, 0.717) is 6.61 Å². The molecule has 1 amide bonds. The van der Waals surface area contributed by atoms with Crippen LogP contribution in [0.15, 0.2) is 29.2 Å². The van der Waals surface area contributed by atoms with Crippen LogP contribution in [-0.4, -0.2) is 19.0 Å². The topological polar surface area (TPSA) is 38.3 Å². The predicted molar refractivity (Wildman–Crippen MR) is 58.9 cm³/mol. The summed E-state index contributed by atoms with van der Waals surface area (Å²) in [6.07, 6.45) is 1.58. The zero-order valence-electron chi connectivity index (χ0n) is 8.24. The molecule has 1 aromatic carbocycles. The van der Waals surface area contributed by atoms with Crippen molar-refractivity contribution < 1.29 is 9.53 Å². The lowest BCUT2D eigenvalue weighted by Gasteiger charge is -2.05. The number of rotatable bonds is 3. The number of thioether (sulfide) groups is 1. The molecular formula is C10H13NO2S. The molecule has 1 rings (SSSR count). The molecule has 0 spiro atoms. The molecule has 0 aromatic heterocycles. The second kappa shape index (κ2) is 5.54. The first-order chi connectivity index (χ1) is 6.76. The van der Waals surface area contributed by atoms with Crippen molar-refractivity contribution in [1.82, 2.24) is 0 Å². The second-order valence-electron chi connectivity index (χ2n) is 2.58. The van der Waals surface area contributed by atoms with Crippen LogP contribution in [0.25, 0.3) is 0 Å². The average molecular weight is 211 g/mol. The van der Waals surface area contributed by atoms with Gasteiger partial charge in [0, 0.05) is 10.6 Å². The minimum atomic E-state index is -0.411. The van der Waals surface area contributed by atoms with Gasteiger partial charge in [-0.25, -0.2) is 4.79 Å². The highest BCUT2D eigenvalue weighted by molar-refractivity contribution is 7.98. The Kier molecular flexibility index (Phi) is 4.32. The lowest BCUT2D eigenvalue weighted by molar-refractivity contribution is 0.168. The number of benzene rings is 1. The van der Waals surface area contributed by atoms with Crippen LogP contribution >= 0.6 is 11.8 Å². The third-order valence-corrected chi connectivity index (χ3v) is 2.32. The van der Waals surface area contributed by atoms with E-state index in [9.17, 15) is 4.79 Å². The fourth-order valence-corrected chi connectivity index (χ4v) is 1.45. The maximum Gasteiger partial charge on any atom is 0.411 e. The molecule has 0 bridgehead atoms. The van der Waals surface area contributed by atoms with Crippen LogP contribution in [0.2, 0.25) is 0 Å². The molecule has 0 saturated heterocycles. The van der Waals surface area contributed by atoms with E-state index in [2.05, 4.69) is 5.32 Å². The van der Waals surface area contributed by atoms with Gasteiger partial charge < -0.3 is 4.74 Å². The third-order valence-electron chi connectivity index (χ3n) is 1.59. The van der Waals surface area contributed by atoms with E-state index in [-0.39, 0.29) is 0 Å². The van der Waals surface area contributed by atoms with Gasteiger partial charge in [0.25, 0.3) is 0 Å². The molecule has 0 radical (unpaired) electrons. The number of hydrogen-bond acceptors (Lipinski definition) is 3. The van der Waals surface area contributed by atoms with Crippen molar-refractivity contribution in [2.45, 2.75) is 11.8 Å². The minimum absolute atomic E-state index is 0.383. The lowest BCUT2D eigenvalue weighted by Crippen LogP contribution is -2.13. The van der Waals surface area contributed by atoms with Crippen molar-refractivity contribution in [3.63, 3.8) is 0 Å². The highest BCUT2D eigenvalue weighted by Crippen LogP contribution is 2.18. The second-order valence-corrected chi connectivity index (χ2v) is 3.46. The minimum Gasteiger partial charge on any atom is -0.450 e. The Balaban J connectivity index is 2.62. The third kappa shape index (κ3) is 3.30. The van der Waals surface area contributed by atoms with Gasteiger partial charge in [-0.3, -0.25) is 5.32 Å². The number of carbonyl (C=O) groups excluding carboxylic acids is 1. The van der Waals surface area contributed by atoms with E-state index in [1.807, 2.05) is 30.5 Å². The predicted octanol–water partition coefficient (Wildman–Crippen LogP) is 2.98. The number of anilines is 1. The summed E-state index contributed by atoms with van der Waals surface area (Å²) in [5.41, 5.74) is 0.760. The van der Waals surface area contributed by atoms with Crippen LogP contribution in [0.1, 0.15) is 6.92 Å². The van der Waals surface area contributed by atoms with Gasteiger partial charge in [0.2, 0.25) is 0 Å². The molecule has 76 valence electrons. The van der Waals surface area contributed by atoms with Gasteiger partial charge in [-0.15, -0.1) is 11.8 Å². The van der Waals surface area contributed by atoms with Crippen molar-refractivity contribution >= 4 is 23.5 Å². The van der Waals surface area contributed by atoms with Crippen LogP contribution in [0.4, 0.5) is 10.5 Å². The molecule has 0 fully saturated rings. The number of hydrogen-bond donors (Lipinski definition) is 1. The van der Waals surface area contributed by atoms with Gasteiger partial charge in [0.05, 0.1) is 6.61 Å². The van der Waals surface area contributed by atoms with Gasteiger partial charge in [-0.05, 0) is 31.4 Å². The SMILES string of the molecule is CCOC(=O)Nc1cccc(SC)c1. The van der Waals surface area contributed by atoms with E-state index in [1.165, 1.54) is 0 Å². The first kappa shape index (κ1) is 10.9. The number of carbonyl (C=O) groups is 1. The summed E-state index contributed by atoms with van der Waals surface area (Å²) in [4.78, 5) is 12.2. The van der Waals surface area contributed by atoms with E-state index in [0.717, 1.165) is 10.6 Å². The largest absolute Gasteiger partial charge is 0.450 e. The van der Waals surface area contributed by atoms with Crippen LogP contribution in [-0.2, 0) is 4.74 Å². The molecule has 0 unspecified atom stereocenters. The molecule has 0 heterocycles. The molecule has 0 aliphatic rings. The summed E-state index contributed by atoms with van der Waals surface area (Å²) in [6, 6.07) is 7.62. The average Bonchev–Trinajstić information content (AvgIpc) is 2.18. The molecular weight excluding hydrogens is 198 g/mol. The molecule has 0 atom stereocenters. The summed E-state index contributed by atoms with van der Waals surface area (Å²) < 4.78 is 4.76. The highest BCUT2D eigenvalue weighted by atomic mass is 32.2. The van der Waals surface area contributed by atoms with E-state index in [1.54, 1.807) is 18.7 Å². The molecule has 1 N–H and O–H groups in total. The van der Waals surface area contributed by atoms with Crippen LogP contribution in [0.5, 0.6) is 0 Å². The fraction of sp³-hybridized carbons (Fsp3) is 0.300. The maximum absolute atomic E-state index is 11.1. The Bertz CT molecular complexity index is 315. The van der Waals surface area contributed by atoms with E-state index >= 15 is 0 Å². The zero-order valence-corrected chi connectivity index (χ0v) is 9.06. The molecule has 0 aliphatic carbocycles. The van der Waals surface area contributed by atoms with Gasteiger partial charge in [-0.1, -0.05) is 6.07 Å². The normalized spacial score (nSPS) is 9.57. The smallest absolute Gasteiger partial charge is 0.411 e. The standard InChI is InChI=1S/C10H13NO2S/c1-3-13-10(12)11-8-5-4-6-9(7-8)14-2/h4-7H,3H2,1-2H3,(H,11,12). The quantitative estimate of drug-likeness (QED) is 0.781. The summed E-state index contributed by atoms with van der Waals surface area (Å²) >= 11 is 1.63. The van der Waals surface area contributed by atoms with E-state index in [4.69, 9.17) is 4.74 Å². The highest BCUT2D eigenvalue weighted by Gasteiger charge is 2.01. The van der Waals surface area contributed by atoms with Gasteiger partial charge in [0.1, 0.15) is 0 Å². The van der Waals surface area contributed by atoms with Crippen molar-refractivity contribution in [2.24, 2.45) is 0 Å². The summed E-state index contributed by atoms with van der Waals surface area (Å²) in [5, 5.41) is 2.64. The van der Waals surface area contributed by atoms with Crippen LogP contribution in [0, 0.1) is 0 Å². The number of ether oxygens (including phenoxy) is 1.